The Hall–Kier alpha value is -2.38. The molecule has 4 N–H and O–H groups in total. The summed E-state index contributed by atoms with van der Waals surface area (Å²) in [6, 6.07) is 8.94. The maximum absolute atomic E-state index is 12.1. The van der Waals surface area contributed by atoms with E-state index in [0.717, 1.165) is 16.6 Å². The second kappa shape index (κ2) is 6.62. The molecule has 0 spiro atoms. The van der Waals surface area contributed by atoms with E-state index in [1.54, 1.807) is 6.92 Å². The molecule has 0 bridgehead atoms. The summed E-state index contributed by atoms with van der Waals surface area (Å²) in [5.74, 6) is 0.691. The lowest BCUT2D eigenvalue weighted by molar-refractivity contribution is 0.0597. The molecule has 1 aromatic carbocycles. The first-order chi connectivity index (χ1) is 11.5. The smallest absolute Gasteiger partial charge is 0.315 e. The second-order valence-corrected chi connectivity index (χ2v) is 6.75. The van der Waals surface area contributed by atoms with E-state index in [1.165, 1.54) is 11.3 Å². The van der Waals surface area contributed by atoms with E-state index in [9.17, 15) is 9.90 Å². The standard InChI is InChI=1S/C17H20N4O2S/c1-11(15-20-13-5-3-4-6-14(13)21-15)19-16(22)18-10-17(2,23)12-7-8-24-9-12/h3-9,11,23H,10H2,1-2H3,(H,20,21)(H2,18,19,22). The van der Waals surface area contributed by atoms with Crippen molar-refractivity contribution in [2.24, 2.45) is 0 Å². The van der Waals surface area contributed by atoms with Crippen LogP contribution >= 0.6 is 11.3 Å². The van der Waals surface area contributed by atoms with Gasteiger partial charge in [0.25, 0.3) is 0 Å². The first-order valence-electron chi connectivity index (χ1n) is 7.70. The molecule has 24 heavy (non-hydrogen) atoms. The molecule has 2 unspecified atom stereocenters. The van der Waals surface area contributed by atoms with Gasteiger partial charge in [0.15, 0.2) is 0 Å². The highest BCUT2D eigenvalue weighted by atomic mass is 32.1. The fourth-order valence-corrected chi connectivity index (χ4v) is 3.20. The molecule has 3 aromatic rings. The van der Waals surface area contributed by atoms with Gasteiger partial charge in [-0.15, -0.1) is 0 Å². The van der Waals surface area contributed by atoms with Crippen LogP contribution in [0.1, 0.15) is 31.3 Å². The summed E-state index contributed by atoms with van der Waals surface area (Å²) in [6.07, 6.45) is 0. The lowest BCUT2D eigenvalue weighted by Crippen LogP contribution is -2.44. The Balaban J connectivity index is 1.58. The van der Waals surface area contributed by atoms with Gasteiger partial charge in [0, 0.05) is 0 Å². The summed E-state index contributed by atoms with van der Waals surface area (Å²) in [5.41, 5.74) is 1.49. The molecule has 0 radical (unpaired) electrons. The molecule has 0 saturated heterocycles. The molecule has 0 aliphatic rings. The van der Waals surface area contributed by atoms with Crippen molar-refractivity contribution in [3.63, 3.8) is 0 Å². The van der Waals surface area contributed by atoms with Crippen LogP contribution in [-0.4, -0.2) is 27.7 Å². The molecular formula is C17H20N4O2S. The van der Waals surface area contributed by atoms with E-state index < -0.39 is 5.60 Å². The monoisotopic (exact) mass is 344 g/mol. The minimum Gasteiger partial charge on any atom is -0.384 e. The summed E-state index contributed by atoms with van der Waals surface area (Å²) < 4.78 is 0. The molecule has 0 aliphatic carbocycles. The van der Waals surface area contributed by atoms with Crippen LogP contribution in [0.4, 0.5) is 4.79 Å². The van der Waals surface area contributed by atoms with Gasteiger partial charge in [0.2, 0.25) is 0 Å². The van der Waals surface area contributed by atoms with Gasteiger partial charge in [-0.25, -0.2) is 9.78 Å². The molecule has 0 fully saturated rings. The number of urea groups is 1. The van der Waals surface area contributed by atoms with Crippen LogP contribution in [0.25, 0.3) is 11.0 Å². The van der Waals surface area contributed by atoms with Gasteiger partial charge in [-0.2, -0.15) is 11.3 Å². The van der Waals surface area contributed by atoms with Crippen LogP contribution in [0.5, 0.6) is 0 Å². The van der Waals surface area contributed by atoms with Gasteiger partial charge in [-0.3, -0.25) is 0 Å². The van der Waals surface area contributed by atoms with Crippen LogP contribution in [0, 0.1) is 0 Å². The fraction of sp³-hybridized carbons (Fsp3) is 0.294. The molecule has 2 atom stereocenters. The average molecular weight is 344 g/mol. The third-order valence-corrected chi connectivity index (χ3v) is 4.58. The Kier molecular flexibility index (Phi) is 4.55. The van der Waals surface area contributed by atoms with Gasteiger partial charge in [-0.05, 0) is 48.4 Å². The summed E-state index contributed by atoms with van der Waals surface area (Å²) in [6.45, 7) is 3.66. The zero-order valence-corrected chi connectivity index (χ0v) is 14.4. The minimum absolute atomic E-state index is 0.127. The number of thiophene rings is 1. The molecule has 3 rings (SSSR count). The van der Waals surface area contributed by atoms with Crippen LogP contribution in [0.2, 0.25) is 0 Å². The predicted octanol–water partition coefficient (Wildman–Crippen LogP) is 2.89. The van der Waals surface area contributed by atoms with Crippen LogP contribution < -0.4 is 10.6 Å². The number of aromatic amines is 1. The molecule has 0 aliphatic heterocycles. The van der Waals surface area contributed by atoms with Crippen molar-refractivity contribution >= 4 is 28.4 Å². The normalized spacial score (nSPS) is 15.0. The van der Waals surface area contributed by atoms with Gasteiger partial charge < -0.3 is 20.7 Å². The fourth-order valence-electron chi connectivity index (χ4n) is 2.42. The Morgan fingerprint density at radius 3 is 2.92 bits per heavy atom. The van der Waals surface area contributed by atoms with Crippen LogP contribution in [0.15, 0.2) is 41.1 Å². The molecule has 6 nitrogen and oxygen atoms in total. The number of para-hydroxylation sites is 2. The number of nitrogens with one attached hydrogen (secondary N) is 3. The summed E-state index contributed by atoms with van der Waals surface area (Å²) in [4.78, 5) is 19.7. The Bertz CT molecular complexity index is 793. The Morgan fingerprint density at radius 1 is 1.42 bits per heavy atom. The minimum atomic E-state index is -1.10. The number of H-pyrrole nitrogens is 1. The second-order valence-electron chi connectivity index (χ2n) is 5.97. The van der Waals surface area contributed by atoms with Crippen molar-refractivity contribution in [2.75, 3.05) is 6.54 Å². The number of fused-ring (bicyclic) bond motifs is 1. The number of hydrogen-bond acceptors (Lipinski definition) is 4. The predicted molar refractivity (Wildman–Crippen MR) is 94.9 cm³/mol. The van der Waals surface area contributed by atoms with Crippen molar-refractivity contribution in [2.45, 2.75) is 25.5 Å². The summed E-state index contributed by atoms with van der Waals surface area (Å²) >= 11 is 1.51. The van der Waals surface area contributed by atoms with E-state index >= 15 is 0 Å². The maximum atomic E-state index is 12.1. The molecule has 7 heteroatoms. The van der Waals surface area contributed by atoms with Crippen molar-refractivity contribution in [1.29, 1.82) is 0 Å². The van der Waals surface area contributed by atoms with Crippen LogP contribution in [0.3, 0.4) is 0 Å². The number of hydrogen-bond donors (Lipinski definition) is 4. The number of rotatable bonds is 5. The molecule has 126 valence electrons. The highest BCUT2D eigenvalue weighted by Gasteiger charge is 2.24. The SMILES string of the molecule is CC(NC(=O)NCC(C)(O)c1ccsc1)c1nc2ccccc2[nH]1. The molecule has 2 aromatic heterocycles. The van der Waals surface area contributed by atoms with Crippen molar-refractivity contribution in [3.8, 4) is 0 Å². The molecular weight excluding hydrogens is 324 g/mol. The molecule has 2 heterocycles. The van der Waals surface area contributed by atoms with E-state index in [4.69, 9.17) is 0 Å². The first-order valence-corrected chi connectivity index (χ1v) is 8.64. The molecule has 2 amide bonds. The highest BCUT2D eigenvalue weighted by molar-refractivity contribution is 7.08. The zero-order valence-electron chi connectivity index (χ0n) is 13.5. The lowest BCUT2D eigenvalue weighted by Gasteiger charge is -2.23. The number of carbonyl (C=O) groups is 1. The molecule has 0 saturated carbocycles. The van der Waals surface area contributed by atoms with Gasteiger partial charge in [-0.1, -0.05) is 12.1 Å². The quantitative estimate of drug-likeness (QED) is 0.574. The van der Waals surface area contributed by atoms with Gasteiger partial charge in [0.05, 0.1) is 23.6 Å². The largest absolute Gasteiger partial charge is 0.384 e. The number of aliphatic hydroxyl groups is 1. The van der Waals surface area contributed by atoms with Gasteiger partial charge >= 0.3 is 6.03 Å². The number of nitrogens with zero attached hydrogens (tertiary/aromatic N) is 1. The topological polar surface area (TPSA) is 90.0 Å². The number of carbonyl (C=O) groups excluding carboxylic acids is 1. The Labute approximate surface area is 143 Å². The van der Waals surface area contributed by atoms with E-state index in [0.29, 0.717) is 5.82 Å². The third-order valence-electron chi connectivity index (χ3n) is 3.90. The average Bonchev–Trinajstić information content (AvgIpc) is 3.22. The lowest BCUT2D eigenvalue weighted by atomic mass is 9.99. The number of benzene rings is 1. The number of amides is 2. The van der Waals surface area contributed by atoms with Crippen LogP contribution in [-0.2, 0) is 5.60 Å². The van der Waals surface area contributed by atoms with E-state index in [-0.39, 0.29) is 18.6 Å². The summed E-state index contributed by atoms with van der Waals surface area (Å²) in [7, 11) is 0. The first kappa shape index (κ1) is 16.5. The maximum Gasteiger partial charge on any atom is 0.315 e. The van der Waals surface area contributed by atoms with E-state index in [2.05, 4.69) is 20.6 Å². The van der Waals surface area contributed by atoms with Crippen molar-refractivity contribution in [3.05, 3.63) is 52.5 Å². The Morgan fingerprint density at radius 2 is 2.21 bits per heavy atom. The number of imidazole rings is 1. The summed E-state index contributed by atoms with van der Waals surface area (Å²) in [5, 5.41) is 19.7. The van der Waals surface area contributed by atoms with Crippen molar-refractivity contribution < 1.29 is 9.90 Å². The van der Waals surface area contributed by atoms with Crippen molar-refractivity contribution in [1.82, 2.24) is 20.6 Å². The van der Waals surface area contributed by atoms with Gasteiger partial charge in [0.1, 0.15) is 11.4 Å². The van der Waals surface area contributed by atoms with E-state index in [1.807, 2.05) is 48.0 Å². The third kappa shape index (κ3) is 3.58. The highest BCUT2D eigenvalue weighted by Crippen LogP contribution is 2.22. The number of aromatic nitrogens is 2. The zero-order chi connectivity index (χ0) is 17.2.